The fourth-order valence-electron chi connectivity index (χ4n) is 2.32. The highest BCUT2D eigenvalue weighted by atomic mass is 79.9. The normalized spacial score (nSPS) is 14.0. The van der Waals surface area contributed by atoms with Crippen LogP contribution in [0.25, 0.3) is 0 Å². The van der Waals surface area contributed by atoms with E-state index in [1.807, 2.05) is 48.0 Å². The second-order valence-electron chi connectivity index (χ2n) is 5.41. The van der Waals surface area contributed by atoms with Crippen LogP contribution in [-0.2, 0) is 0 Å². The van der Waals surface area contributed by atoms with E-state index in [4.69, 9.17) is 0 Å². The first kappa shape index (κ1) is 14.1. The molecule has 3 rings (SSSR count). The molecule has 1 aliphatic rings. The average molecular weight is 349 g/mol. The van der Waals surface area contributed by atoms with Crippen LogP contribution in [-0.4, -0.2) is 29.6 Å². The minimum absolute atomic E-state index is 0.108. The molecule has 1 N–H and O–H groups in total. The van der Waals surface area contributed by atoms with Crippen LogP contribution in [0.1, 0.15) is 29.4 Å². The van der Waals surface area contributed by atoms with Crippen LogP contribution in [0.3, 0.4) is 0 Å². The number of nitrogens with zero attached hydrogens (tertiary/aromatic N) is 3. The minimum Gasteiger partial charge on any atom is -0.361 e. The van der Waals surface area contributed by atoms with Gasteiger partial charge in [0, 0.05) is 37.0 Å². The maximum absolute atomic E-state index is 12.6. The Labute approximate surface area is 132 Å². The van der Waals surface area contributed by atoms with Gasteiger partial charge in [-0.1, -0.05) is 0 Å². The van der Waals surface area contributed by atoms with Crippen molar-refractivity contribution in [2.75, 3.05) is 24.3 Å². The Morgan fingerprint density at radius 2 is 2.24 bits per heavy atom. The van der Waals surface area contributed by atoms with Gasteiger partial charge in [0.2, 0.25) is 0 Å². The molecule has 0 aromatic carbocycles. The first-order chi connectivity index (χ1) is 10.1. The quantitative estimate of drug-likeness (QED) is 0.922. The summed E-state index contributed by atoms with van der Waals surface area (Å²) in [7, 11) is 3.81. The number of nitrogens with one attached hydrogen (secondary N) is 1. The third-order valence-corrected chi connectivity index (χ3v) is 3.88. The molecule has 0 unspecified atom stereocenters. The molecule has 0 radical (unpaired) electrons. The van der Waals surface area contributed by atoms with E-state index < -0.39 is 0 Å². The summed E-state index contributed by atoms with van der Waals surface area (Å²) in [5.41, 5.74) is 1.39. The first-order valence-corrected chi connectivity index (χ1v) is 7.66. The van der Waals surface area contributed by atoms with Crippen molar-refractivity contribution in [1.82, 2.24) is 9.55 Å². The van der Waals surface area contributed by atoms with Gasteiger partial charge in [-0.3, -0.25) is 4.79 Å². The van der Waals surface area contributed by atoms with Gasteiger partial charge in [-0.15, -0.1) is 0 Å². The Morgan fingerprint density at radius 3 is 2.90 bits per heavy atom. The molecule has 6 heteroatoms. The van der Waals surface area contributed by atoms with E-state index in [-0.39, 0.29) is 5.91 Å². The molecule has 0 spiro atoms. The lowest BCUT2D eigenvalue weighted by molar-refractivity contribution is 0.101. The lowest BCUT2D eigenvalue weighted by Crippen LogP contribution is -2.19. The third-order valence-electron chi connectivity index (χ3n) is 3.45. The summed E-state index contributed by atoms with van der Waals surface area (Å²) in [5, 5.41) is 2.96. The van der Waals surface area contributed by atoms with Crippen LogP contribution < -0.4 is 10.2 Å². The van der Waals surface area contributed by atoms with Crippen molar-refractivity contribution >= 4 is 33.3 Å². The summed E-state index contributed by atoms with van der Waals surface area (Å²) in [4.78, 5) is 18.7. The maximum atomic E-state index is 12.6. The molecule has 1 aliphatic carbocycles. The summed E-state index contributed by atoms with van der Waals surface area (Å²) in [5.74, 6) is 0.637. The molecule has 5 nitrogen and oxygen atoms in total. The zero-order valence-corrected chi connectivity index (χ0v) is 13.6. The van der Waals surface area contributed by atoms with Gasteiger partial charge in [-0.2, -0.15) is 0 Å². The van der Waals surface area contributed by atoms with Crippen molar-refractivity contribution < 1.29 is 4.79 Å². The third kappa shape index (κ3) is 2.95. The maximum Gasteiger partial charge on any atom is 0.272 e. The Hall–Kier alpha value is -1.82. The molecule has 0 bridgehead atoms. The van der Waals surface area contributed by atoms with E-state index in [1.165, 1.54) is 0 Å². The second-order valence-corrected chi connectivity index (χ2v) is 6.32. The van der Waals surface area contributed by atoms with Crippen molar-refractivity contribution in [3.05, 3.63) is 40.8 Å². The highest BCUT2D eigenvalue weighted by molar-refractivity contribution is 9.10. The van der Waals surface area contributed by atoms with E-state index in [0.29, 0.717) is 17.4 Å². The summed E-state index contributed by atoms with van der Waals surface area (Å²) < 4.78 is 2.98. The van der Waals surface area contributed by atoms with Crippen molar-refractivity contribution in [1.29, 1.82) is 0 Å². The summed E-state index contributed by atoms with van der Waals surface area (Å²) in [6.07, 6.45) is 5.96. The van der Waals surface area contributed by atoms with E-state index in [9.17, 15) is 4.79 Å². The molecular weight excluding hydrogens is 332 g/mol. The highest BCUT2D eigenvalue weighted by Crippen LogP contribution is 2.37. The van der Waals surface area contributed by atoms with Crippen molar-refractivity contribution in [3.8, 4) is 0 Å². The van der Waals surface area contributed by atoms with Gasteiger partial charge in [0.15, 0.2) is 5.82 Å². The number of pyridine rings is 1. The Balaban J connectivity index is 1.87. The lowest BCUT2D eigenvalue weighted by atomic mass is 10.3. The van der Waals surface area contributed by atoms with Crippen molar-refractivity contribution in [3.63, 3.8) is 0 Å². The van der Waals surface area contributed by atoms with Gasteiger partial charge < -0.3 is 14.8 Å². The van der Waals surface area contributed by atoms with E-state index in [1.54, 1.807) is 6.20 Å². The topological polar surface area (TPSA) is 50.2 Å². The van der Waals surface area contributed by atoms with E-state index in [0.717, 1.165) is 23.1 Å². The monoisotopic (exact) mass is 348 g/mol. The van der Waals surface area contributed by atoms with Gasteiger partial charge in [0.25, 0.3) is 5.91 Å². The molecule has 0 aliphatic heterocycles. The van der Waals surface area contributed by atoms with Gasteiger partial charge in [0.1, 0.15) is 5.69 Å². The minimum atomic E-state index is -0.108. The SMILES string of the molecule is CN(C)c1ncccc1NC(=O)c1cc(Br)cn1C1CC1. The van der Waals surface area contributed by atoms with Gasteiger partial charge in [-0.25, -0.2) is 4.98 Å². The van der Waals surface area contributed by atoms with Crippen LogP contribution in [0.2, 0.25) is 0 Å². The predicted molar refractivity (Wildman–Crippen MR) is 86.9 cm³/mol. The predicted octanol–water partition coefficient (Wildman–Crippen LogP) is 3.30. The standard InChI is InChI=1S/C15H17BrN4O/c1-19(2)14-12(4-3-7-17-14)18-15(21)13-8-10(16)9-20(13)11-5-6-11/h3-4,7-9,11H,5-6H2,1-2H3,(H,18,21). The van der Waals surface area contributed by atoms with Gasteiger partial charge >= 0.3 is 0 Å². The van der Waals surface area contributed by atoms with E-state index in [2.05, 4.69) is 26.2 Å². The number of anilines is 2. The number of carbonyl (C=O) groups excluding carboxylic acids is 1. The Morgan fingerprint density at radius 1 is 1.48 bits per heavy atom. The fourth-order valence-corrected chi connectivity index (χ4v) is 2.76. The smallest absolute Gasteiger partial charge is 0.272 e. The molecule has 2 heterocycles. The fraction of sp³-hybridized carbons (Fsp3) is 0.333. The van der Waals surface area contributed by atoms with Crippen LogP contribution >= 0.6 is 15.9 Å². The molecule has 110 valence electrons. The second kappa shape index (κ2) is 5.52. The van der Waals surface area contributed by atoms with Crippen LogP contribution in [0.4, 0.5) is 11.5 Å². The lowest BCUT2D eigenvalue weighted by Gasteiger charge is -2.16. The summed E-state index contributed by atoms with van der Waals surface area (Å²) in [6, 6.07) is 6.00. The highest BCUT2D eigenvalue weighted by Gasteiger charge is 2.28. The number of amides is 1. The molecule has 0 atom stereocenters. The van der Waals surface area contributed by atoms with Crippen molar-refractivity contribution in [2.24, 2.45) is 0 Å². The molecular formula is C15H17BrN4O. The molecule has 21 heavy (non-hydrogen) atoms. The molecule has 0 saturated heterocycles. The summed E-state index contributed by atoms with van der Waals surface area (Å²) in [6.45, 7) is 0. The average Bonchev–Trinajstić information content (AvgIpc) is 3.21. The zero-order valence-electron chi connectivity index (χ0n) is 12.0. The summed E-state index contributed by atoms with van der Waals surface area (Å²) >= 11 is 3.45. The molecule has 2 aromatic rings. The Bertz CT molecular complexity index is 676. The number of aromatic nitrogens is 2. The number of hydrogen-bond acceptors (Lipinski definition) is 3. The van der Waals surface area contributed by atoms with Gasteiger partial charge in [0.05, 0.1) is 5.69 Å². The van der Waals surface area contributed by atoms with Crippen LogP contribution in [0.15, 0.2) is 35.1 Å². The number of carbonyl (C=O) groups is 1. The molecule has 1 saturated carbocycles. The number of halogens is 1. The largest absolute Gasteiger partial charge is 0.361 e. The molecule has 1 amide bonds. The van der Waals surface area contributed by atoms with Gasteiger partial charge in [-0.05, 0) is 47.0 Å². The van der Waals surface area contributed by atoms with E-state index >= 15 is 0 Å². The Kier molecular flexibility index (Phi) is 3.71. The van der Waals surface area contributed by atoms with Crippen molar-refractivity contribution in [2.45, 2.75) is 18.9 Å². The van der Waals surface area contributed by atoms with Crippen LogP contribution in [0, 0.1) is 0 Å². The first-order valence-electron chi connectivity index (χ1n) is 6.87. The number of rotatable bonds is 4. The van der Waals surface area contributed by atoms with Crippen LogP contribution in [0.5, 0.6) is 0 Å². The molecule has 1 fully saturated rings. The molecule has 2 aromatic heterocycles. The number of hydrogen-bond donors (Lipinski definition) is 1. The zero-order chi connectivity index (χ0) is 15.0.